The van der Waals surface area contributed by atoms with E-state index in [1.807, 2.05) is 0 Å². The molecule has 0 spiro atoms. The summed E-state index contributed by atoms with van der Waals surface area (Å²) in [7, 11) is 0. The van der Waals surface area contributed by atoms with Crippen LogP contribution in [0, 0.1) is 0 Å². The van der Waals surface area contributed by atoms with Gasteiger partial charge in [-0.3, -0.25) is 4.79 Å². The minimum Gasteiger partial charge on any atom is -0.480 e. The molecule has 0 rings (SSSR count). The first-order valence-corrected chi connectivity index (χ1v) is 4.92. The van der Waals surface area contributed by atoms with Crippen LogP contribution in [0.4, 0.5) is 0 Å². The van der Waals surface area contributed by atoms with Crippen LogP contribution >= 0.6 is 0 Å². The van der Waals surface area contributed by atoms with Crippen LogP contribution in [0.15, 0.2) is 0 Å². The third-order valence-corrected chi connectivity index (χ3v) is 1.64. The van der Waals surface area contributed by atoms with E-state index in [-0.39, 0.29) is 0 Å². The minimum absolute atomic E-state index is 0.520. The number of nitrogens with two attached hydrogens (primary N) is 2. The van der Waals surface area contributed by atoms with Crippen LogP contribution in [-0.2, 0) is 9.59 Å². The molecule has 0 aromatic carbocycles. The van der Waals surface area contributed by atoms with Gasteiger partial charge in [0, 0.05) is 0 Å². The average molecular weight is 236 g/mol. The van der Waals surface area contributed by atoms with E-state index in [0.29, 0.717) is 13.0 Å². The number of aliphatic hydroxyl groups is 1. The van der Waals surface area contributed by atoms with E-state index in [9.17, 15) is 9.59 Å². The van der Waals surface area contributed by atoms with Gasteiger partial charge in [0.1, 0.15) is 12.1 Å². The molecule has 2 atom stereocenters. The molecule has 0 aromatic rings. The second kappa shape index (κ2) is 10.3. The molecule has 0 bridgehead atoms. The van der Waals surface area contributed by atoms with Crippen LogP contribution in [0.5, 0.6) is 0 Å². The van der Waals surface area contributed by atoms with Gasteiger partial charge in [0.2, 0.25) is 0 Å². The summed E-state index contributed by atoms with van der Waals surface area (Å²) in [5, 5.41) is 24.1. The predicted molar refractivity (Wildman–Crippen MR) is 57.8 cm³/mol. The van der Waals surface area contributed by atoms with E-state index in [4.69, 9.17) is 26.8 Å². The van der Waals surface area contributed by atoms with Crippen molar-refractivity contribution in [3.05, 3.63) is 0 Å². The molecule has 0 aliphatic rings. The minimum atomic E-state index is -1.23. The van der Waals surface area contributed by atoms with Gasteiger partial charge in [-0.25, -0.2) is 4.79 Å². The highest BCUT2D eigenvalue weighted by molar-refractivity contribution is 5.72. The first-order valence-electron chi connectivity index (χ1n) is 4.92. The molecule has 96 valence electrons. The summed E-state index contributed by atoms with van der Waals surface area (Å²) in [5.74, 6) is -2.12. The fourth-order valence-electron chi connectivity index (χ4n) is 0.632. The number of carboxylic acid groups (broad SMARTS) is 2. The summed E-state index contributed by atoms with van der Waals surface area (Å²) in [6.07, 6.45) is 0.933. The van der Waals surface area contributed by atoms with E-state index >= 15 is 0 Å². The lowest BCUT2D eigenvalue weighted by atomic mass is 10.1. The molecule has 0 heterocycles. The van der Waals surface area contributed by atoms with E-state index in [1.54, 1.807) is 0 Å². The van der Waals surface area contributed by atoms with Crippen LogP contribution in [0.25, 0.3) is 0 Å². The van der Waals surface area contributed by atoms with Crippen molar-refractivity contribution in [2.75, 3.05) is 6.54 Å². The lowest BCUT2D eigenvalue weighted by Crippen LogP contribution is -2.29. The zero-order chi connectivity index (χ0) is 13.1. The van der Waals surface area contributed by atoms with Gasteiger partial charge in [0.15, 0.2) is 0 Å². The van der Waals surface area contributed by atoms with Crippen LogP contribution in [0.3, 0.4) is 0 Å². The SMILES string of the molecule is C[C@@H](O)C(=O)O.NCCCC[C@H](N)C(=O)O. The molecule has 0 saturated carbocycles. The van der Waals surface area contributed by atoms with Crippen molar-refractivity contribution < 1.29 is 24.9 Å². The number of rotatable bonds is 6. The summed E-state index contributed by atoms with van der Waals surface area (Å²) in [6.45, 7) is 1.80. The van der Waals surface area contributed by atoms with Crippen LogP contribution in [-0.4, -0.2) is 45.9 Å². The molecular formula is C9H20N2O5. The van der Waals surface area contributed by atoms with Crippen molar-refractivity contribution in [3.8, 4) is 0 Å². The smallest absolute Gasteiger partial charge is 0.332 e. The van der Waals surface area contributed by atoms with Gasteiger partial charge >= 0.3 is 11.9 Å². The number of aliphatic carboxylic acids is 2. The molecule has 7 nitrogen and oxygen atoms in total. The Kier molecular flexibility index (Phi) is 11.1. The lowest BCUT2D eigenvalue weighted by Gasteiger charge is -2.03. The average Bonchev–Trinajstić information content (AvgIpc) is 2.18. The molecule has 7 N–H and O–H groups in total. The maximum atomic E-state index is 10.1. The second-order valence-electron chi connectivity index (χ2n) is 3.24. The molecular weight excluding hydrogens is 216 g/mol. The molecule has 0 radical (unpaired) electrons. The summed E-state index contributed by atoms with van der Waals surface area (Å²) in [4.78, 5) is 19.6. The highest BCUT2D eigenvalue weighted by Crippen LogP contribution is 1.96. The zero-order valence-corrected chi connectivity index (χ0v) is 9.30. The van der Waals surface area contributed by atoms with Gasteiger partial charge in [0.25, 0.3) is 0 Å². The van der Waals surface area contributed by atoms with E-state index in [2.05, 4.69) is 0 Å². The third-order valence-electron chi connectivity index (χ3n) is 1.64. The van der Waals surface area contributed by atoms with Crippen molar-refractivity contribution in [3.63, 3.8) is 0 Å². The third kappa shape index (κ3) is 12.8. The summed E-state index contributed by atoms with van der Waals surface area (Å²) in [6, 6.07) is -0.716. The Labute approximate surface area is 94.1 Å². The highest BCUT2D eigenvalue weighted by atomic mass is 16.4. The predicted octanol–water partition coefficient (Wildman–Crippen LogP) is -1.02. The molecule has 0 aliphatic carbocycles. The van der Waals surface area contributed by atoms with E-state index < -0.39 is 24.1 Å². The largest absolute Gasteiger partial charge is 0.480 e. The Morgan fingerprint density at radius 1 is 1.19 bits per heavy atom. The lowest BCUT2D eigenvalue weighted by molar-refractivity contribution is -0.145. The van der Waals surface area contributed by atoms with Crippen molar-refractivity contribution in [1.29, 1.82) is 0 Å². The van der Waals surface area contributed by atoms with Gasteiger partial charge in [0.05, 0.1) is 0 Å². The van der Waals surface area contributed by atoms with Crippen molar-refractivity contribution in [1.82, 2.24) is 0 Å². The number of aliphatic hydroxyl groups excluding tert-OH is 1. The normalized spacial score (nSPS) is 13.2. The molecule has 0 saturated heterocycles. The first kappa shape index (κ1) is 17.2. The topological polar surface area (TPSA) is 147 Å². The van der Waals surface area contributed by atoms with Gasteiger partial charge in [-0.05, 0) is 26.3 Å². The molecule has 0 aromatic heterocycles. The van der Waals surface area contributed by atoms with Crippen LogP contribution in [0.1, 0.15) is 26.2 Å². The summed E-state index contributed by atoms with van der Waals surface area (Å²) >= 11 is 0. The number of hydrogen-bond acceptors (Lipinski definition) is 5. The van der Waals surface area contributed by atoms with Gasteiger partial charge in [-0.15, -0.1) is 0 Å². The summed E-state index contributed by atoms with van der Waals surface area (Å²) < 4.78 is 0. The van der Waals surface area contributed by atoms with Gasteiger partial charge in [-0.2, -0.15) is 0 Å². The molecule has 0 unspecified atom stereocenters. The monoisotopic (exact) mass is 236 g/mol. The first-order chi connectivity index (χ1) is 7.32. The standard InChI is InChI=1S/C6H14N2O2.C3H6O3/c7-4-2-1-3-5(8)6(9)10;1-2(4)3(5)6/h5H,1-4,7-8H2,(H,9,10);2,4H,1H3,(H,5,6)/t5-;2-/m01/s1. The Hall–Kier alpha value is -1.18. The molecule has 7 heteroatoms. The molecule has 0 fully saturated rings. The number of unbranched alkanes of at least 4 members (excludes halogenated alkanes) is 1. The maximum absolute atomic E-state index is 10.1. The molecule has 0 amide bonds. The number of hydrogen-bond donors (Lipinski definition) is 5. The van der Waals surface area contributed by atoms with Crippen molar-refractivity contribution in [2.45, 2.75) is 38.3 Å². The highest BCUT2D eigenvalue weighted by Gasteiger charge is 2.09. The van der Waals surface area contributed by atoms with E-state index in [1.165, 1.54) is 6.92 Å². The van der Waals surface area contributed by atoms with E-state index in [0.717, 1.165) is 12.8 Å². The Morgan fingerprint density at radius 3 is 1.88 bits per heavy atom. The quantitative estimate of drug-likeness (QED) is 0.371. The van der Waals surface area contributed by atoms with Gasteiger partial charge in [-0.1, -0.05) is 6.42 Å². The zero-order valence-electron chi connectivity index (χ0n) is 9.30. The van der Waals surface area contributed by atoms with Crippen LogP contribution in [0.2, 0.25) is 0 Å². The molecule has 16 heavy (non-hydrogen) atoms. The van der Waals surface area contributed by atoms with Crippen molar-refractivity contribution >= 4 is 11.9 Å². The van der Waals surface area contributed by atoms with Gasteiger partial charge < -0.3 is 26.8 Å². The Bertz CT molecular complexity index is 208. The fourth-order valence-corrected chi connectivity index (χ4v) is 0.632. The number of carboxylic acids is 2. The second-order valence-corrected chi connectivity index (χ2v) is 3.24. The van der Waals surface area contributed by atoms with Crippen LogP contribution < -0.4 is 11.5 Å². The fraction of sp³-hybridized carbons (Fsp3) is 0.778. The Balaban J connectivity index is 0. The summed E-state index contributed by atoms with van der Waals surface area (Å²) in [5.41, 5.74) is 10.4. The van der Waals surface area contributed by atoms with Crippen molar-refractivity contribution in [2.24, 2.45) is 11.5 Å². The maximum Gasteiger partial charge on any atom is 0.332 e. The number of carbonyl (C=O) groups is 2. The molecule has 0 aliphatic heterocycles. The Morgan fingerprint density at radius 2 is 1.62 bits per heavy atom.